The minimum atomic E-state index is -4.00. The van der Waals surface area contributed by atoms with E-state index in [1.807, 2.05) is 33.8 Å². The molecule has 0 radical (unpaired) electrons. The highest BCUT2D eigenvalue weighted by molar-refractivity contribution is 7.92. The number of nitrogens with one attached hydrogen (secondary N) is 2. The van der Waals surface area contributed by atoms with Crippen LogP contribution in [0.15, 0.2) is 65.6 Å². The maximum atomic E-state index is 12.9. The Kier molecular flexibility index (Phi) is 7.11. The molecule has 2 N–H and O–H groups in total. The van der Waals surface area contributed by atoms with Crippen molar-refractivity contribution in [2.75, 3.05) is 10.0 Å². The molecule has 32 heavy (non-hydrogen) atoms. The number of carbonyl (C=O) groups excluding carboxylic acids is 1. The zero-order chi connectivity index (χ0) is 23.5. The van der Waals surface area contributed by atoms with Gasteiger partial charge in [0.15, 0.2) is 0 Å². The van der Waals surface area contributed by atoms with Crippen LogP contribution >= 0.6 is 11.6 Å². The van der Waals surface area contributed by atoms with Gasteiger partial charge in [0.05, 0.1) is 11.1 Å². The van der Waals surface area contributed by atoms with E-state index in [1.54, 1.807) is 36.4 Å². The number of aryl methyl sites for hydroxylation is 2. The van der Waals surface area contributed by atoms with Crippen LogP contribution in [0.1, 0.15) is 35.3 Å². The molecule has 0 unspecified atom stereocenters. The monoisotopic (exact) mass is 472 g/mol. The number of ether oxygens (including phenoxy) is 1. The normalized spacial score (nSPS) is 11.3. The molecule has 3 rings (SSSR count). The van der Waals surface area contributed by atoms with Crippen LogP contribution in [0.25, 0.3) is 0 Å². The van der Waals surface area contributed by atoms with Crippen LogP contribution in [0, 0.1) is 13.8 Å². The van der Waals surface area contributed by atoms with E-state index in [1.165, 1.54) is 18.2 Å². The Balaban J connectivity index is 1.81. The molecule has 0 aromatic heterocycles. The van der Waals surface area contributed by atoms with Crippen molar-refractivity contribution in [1.82, 2.24) is 0 Å². The van der Waals surface area contributed by atoms with Crippen LogP contribution in [-0.4, -0.2) is 20.4 Å². The maximum Gasteiger partial charge on any atom is 0.263 e. The highest BCUT2D eigenvalue weighted by atomic mass is 35.5. The van der Waals surface area contributed by atoms with Crippen LogP contribution in [0.2, 0.25) is 5.02 Å². The summed E-state index contributed by atoms with van der Waals surface area (Å²) in [5, 5.41) is 2.77. The molecule has 0 fully saturated rings. The van der Waals surface area contributed by atoms with Gasteiger partial charge in [-0.05, 0) is 93.4 Å². The van der Waals surface area contributed by atoms with Crippen molar-refractivity contribution in [2.45, 2.75) is 38.7 Å². The zero-order valence-electron chi connectivity index (χ0n) is 18.3. The van der Waals surface area contributed by atoms with Gasteiger partial charge in [-0.3, -0.25) is 9.52 Å². The molecule has 0 aliphatic heterocycles. The Hall–Kier alpha value is -3.03. The molecule has 168 valence electrons. The summed E-state index contributed by atoms with van der Waals surface area (Å²) in [6, 6.07) is 16.3. The first-order chi connectivity index (χ1) is 15.0. The summed E-state index contributed by atoms with van der Waals surface area (Å²) in [4.78, 5) is 12.5. The first kappa shape index (κ1) is 23.6. The molecule has 1 amide bonds. The summed E-state index contributed by atoms with van der Waals surface area (Å²) < 4.78 is 34.0. The minimum Gasteiger partial charge on any atom is -0.491 e. The molecule has 6 nitrogen and oxygen atoms in total. The molecule has 0 saturated heterocycles. The Morgan fingerprint density at radius 2 is 1.56 bits per heavy atom. The third kappa shape index (κ3) is 5.81. The Bertz CT molecular complexity index is 1240. The van der Waals surface area contributed by atoms with E-state index in [0.29, 0.717) is 17.1 Å². The van der Waals surface area contributed by atoms with Gasteiger partial charge in [-0.2, -0.15) is 0 Å². The van der Waals surface area contributed by atoms with Gasteiger partial charge in [0, 0.05) is 16.9 Å². The molecule has 0 spiro atoms. The van der Waals surface area contributed by atoms with Crippen LogP contribution in [0.3, 0.4) is 0 Å². The van der Waals surface area contributed by atoms with E-state index in [9.17, 15) is 13.2 Å². The number of halogens is 1. The smallest absolute Gasteiger partial charge is 0.263 e. The third-order valence-corrected chi connectivity index (χ3v) is 6.59. The SMILES string of the molecule is Cc1ccc(NS(=O)(=O)c2cc(C(=O)Nc3ccc(OC(C)C)cc3)ccc2Cl)cc1C. The quantitative estimate of drug-likeness (QED) is 0.455. The molecule has 0 aliphatic rings. The molecule has 0 saturated carbocycles. The summed E-state index contributed by atoms with van der Waals surface area (Å²) in [5.74, 6) is 0.233. The Morgan fingerprint density at radius 3 is 2.19 bits per heavy atom. The molecule has 0 heterocycles. The largest absolute Gasteiger partial charge is 0.491 e. The van der Waals surface area contributed by atoms with Gasteiger partial charge >= 0.3 is 0 Å². The second-order valence-corrected chi connectivity index (χ2v) is 9.75. The van der Waals surface area contributed by atoms with Crippen molar-refractivity contribution in [3.63, 3.8) is 0 Å². The third-order valence-electron chi connectivity index (χ3n) is 4.73. The van der Waals surface area contributed by atoms with E-state index < -0.39 is 15.9 Å². The molecular formula is C24H25ClN2O4S. The van der Waals surface area contributed by atoms with Gasteiger partial charge in [-0.1, -0.05) is 17.7 Å². The predicted octanol–water partition coefficient (Wildman–Crippen LogP) is 5.80. The number of carbonyl (C=O) groups is 1. The molecule has 3 aromatic carbocycles. The topological polar surface area (TPSA) is 84.5 Å². The zero-order valence-corrected chi connectivity index (χ0v) is 19.8. The fourth-order valence-electron chi connectivity index (χ4n) is 2.96. The average molecular weight is 473 g/mol. The summed E-state index contributed by atoms with van der Waals surface area (Å²) in [6.45, 7) is 7.69. The fraction of sp³-hybridized carbons (Fsp3) is 0.208. The van der Waals surface area contributed by atoms with Crippen LogP contribution in [0.4, 0.5) is 11.4 Å². The van der Waals surface area contributed by atoms with Crippen molar-refractivity contribution in [1.29, 1.82) is 0 Å². The van der Waals surface area contributed by atoms with Gasteiger partial charge in [0.25, 0.3) is 15.9 Å². The van der Waals surface area contributed by atoms with Crippen molar-refractivity contribution in [3.05, 3.63) is 82.4 Å². The van der Waals surface area contributed by atoms with Gasteiger partial charge in [0.1, 0.15) is 10.6 Å². The Labute approximate surface area is 193 Å². The minimum absolute atomic E-state index is 0.0214. The van der Waals surface area contributed by atoms with Gasteiger partial charge < -0.3 is 10.1 Å². The number of hydrogen-bond acceptors (Lipinski definition) is 4. The van der Waals surface area contributed by atoms with Crippen molar-refractivity contribution in [2.24, 2.45) is 0 Å². The van der Waals surface area contributed by atoms with E-state index >= 15 is 0 Å². The Morgan fingerprint density at radius 1 is 0.906 bits per heavy atom. The first-order valence-corrected chi connectivity index (χ1v) is 11.9. The lowest BCUT2D eigenvalue weighted by molar-refractivity contribution is 0.102. The van der Waals surface area contributed by atoms with Crippen molar-refractivity contribution >= 4 is 38.9 Å². The summed E-state index contributed by atoms with van der Waals surface area (Å²) >= 11 is 6.16. The van der Waals surface area contributed by atoms with Crippen LogP contribution in [-0.2, 0) is 10.0 Å². The summed E-state index contributed by atoms with van der Waals surface area (Å²) in [6.07, 6.45) is 0.0438. The first-order valence-electron chi connectivity index (χ1n) is 10.0. The number of sulfonamides is 1. The highest BCUT2D eigenvalue weighted by Gasteiger charge is 2.21. The van der Waals surface area contributed by atoms with Gasteiger partial charge in [-0.25, -0.2) is 8.42 Å². The average Bonchev–Trinajstić information content (AvgIpc) is 2.71. The van der Waals surface area contributed by atoms with Gasteiger partial charge in [-0.15, -0.1) is 0 Å². The van der Waals surface area contributed by atoms with Crippen LogP contribution in [0.5, 0.6) is 5.75 Å². The number of benzene rings is 3. The summed E-state index contributed by atoms with van der Waals surface area (Å²) in [7, 11) is -4.00. The maximum absolute atomic E-state index is 12.9. The second-order valence-electron chi connectivity index (χ2n) is 7.69. The standard InChI is InChI=1S/C24H25ClN2O4S/c1-15(2)31-21-10-8-19(9-11-21)26-24(28)18-6-12-22(25)23(14-18)32(29,30)27-20-7-5-16(3)17(4)13-20/h5-15,27H,1-4H3,(H,26,28). The molecule has 0 aliphatic carbocycles. The van der Waals surface area contributed by atoms with E-state index in [0.717, 1.165) is 11.1 Å². The predicted molar refractivity (Wildman–Crippen MR) is 128 cm³/mol. The van der Waals surface area contributed by atoms with Crippen LogP contribution < -0.4 is 14.8 Å². The van der Waals surface area contributed by atoms with E-state index in [2.05, 4.69) is 10.0 Å². The highest BCUT2D eigenvalue weighted by Crippen LogP contribution is 2.26. The van der Waals surface area contributed by atoms with Crippen molar-refractivity contribution in [3.8, 4) is 5.75 Å². The lowest BCUT2D eigenvalue weighted by Gasteiger charge is -2.13. The fourth-order valence-corrected chi connectivity index (χ4v) is 4.53. The van der Waals surface area contributed by atoms with E-state index in [-0.39, 0.29) is 21.6 Å². The lowest BCUT2D eigenvalue weighted by atomic mass is 10.1. The van der Waals surface area contributed by atoms with Gasteiger partial charge in [0.2, 0.25) is 0 Å². The number of hydrogen-bond donors (Lipinski definition) is 2. The second kappa shape index (κ2) is 9.63. The number of amides is 1. The molecule has 0 atom stereocenters. The van der Waals surface area contributed by atoms with Crippen molar-refractivity contribution < 1.29 is 17.9 Å². The number of rotatable bonds is 7. The number of anilines is 2. The molecule has 0 bridgehead atoms. The lowest BCUT2D eigenvalue weighted by Crippen LogP contribution is -2.16. The molecule has 3 aromatic rings. The summed E-state index contributed by atoms with van der Waals surface area (Å²) in [5.41, 5.74) is 3.14. The molecular weight excluding hydrogens is 448 g/mol. The molecule has 8 heteroatoms. The van der Waals surface area contributed by atoms with E-state index in [4.69, 9.17) is 16.3 Å².